The minimum atomic E-state index is 0.896. The number of thiophene rings is 1. The average Bonchev–Trinajstić information content (AvgIpc) is 2.66. The molecule has 0 aromatic carbocycles. The fourth-order valence-corrected chi connectivity index (χ4v) is 4.11. The fourth-order valence-electron chi connectivity index (χ4n) is 1.94. The molecule has 1 aliphatic heterocycles. The third-order valence-electron chi connectivity index (χ3n) is 2.98. The molecule has 1 aromatic rings. The normalized spacial score (nSPS) is 19.6. The molecule has 2 heterocycles. The van der Waals surface area contributed by atoms with Gasteiger partial charge in [-0.1, -0.05) is 15.9 Å². The van der Waals surface area contributed by atoms with Crippen molar-refractivity contribution in [3.63, 3.8) is 0 Å². The highest BCUT2D eigenvalue weighted by Crippen LogP contribution is 2.26. The van der Waals surface area contributed by atoms with E-state index >= 15 is 0 Å². The minimum absolute atomic E-state index is 0.896. The predicted octanol–water partition coefficient (Wildman–Crippen LogP) is 4.12. The molecule has 0 bridgehead atoms. The summed E-state index contributed by atoms with van der Waals surface area (Å²) in [6, 6.07) is 2.14. The van der Waals surface area contributed by atoms with E-state index in [9.17, 15) is 0 Å². The summed E-state index contributed by atoms with van der Waals surface area (Å²) in [5, 5.41) is 3.33. The Bertz CT molecular complexity index is 305. The molecule has 1 fully saturated rings. The molecule has 1 aliphatic rings. The second-order valence-electron chi connectivity index (χ2n) is 4.07. The molecule has 0 atom stereocenters. The zero-order valence-corrected chi connectivity index (χ0v) is 12.6. The zero-order valence-electron chi connectivity index (χ0n) is 8.59. The molecular formula is C11H15Br2NS. The molecule has 1 saturated heterocycles. The number of nitrogens with zero attached hydrogens (tertiary/aromatic N) is 1. The summed E-state index contributed by atoms with van der Waals surface area (Å²) < 4.78 is 1.27. The Morgan fingerprint density at radius 3 is 2.67 bits per heavy atom. The standard InChI is InChI=1S/C11H15Br2NS/c12-7-9-1-4-14(5-2-9)8-11-10(13)3-6-15-11/h3,6,9H,1-2,4-5,7-8H2. The number of piperidine rings is 1. The first-order valence-electron chi connectivity index (χ1n) is 5.30. The molecular weight excluding hydrogens is 338 g/mol. The van der Waals surface area contributed by atoms with Gasteiger partial charge < -0.3 is 0 Å². The molecule has 1 nitrogen and oxygen atoms in total. The molecule has 0 amide bonds. The molecule has 0 unspecified atom stereocenters. The van der Waals surface area contributed by atoms with E-state index < -0.39 is 0 Å². The van der Waals surface area contributed by atoms with E-state index in [1.165, 1.54) is 40.6 Å². The van der Waals surface area contributed by atoms with Crippen molar-refractivity contribution >= 4 is 43.2 Å². The fraction of sp³-hybridized carbons (Fsp3) is 0.636. The van der Waals surface area contributed by atoms with Crippen molar-refractivity contribution in [2.24, 2.45) is 5.92 Å². The lowest BCUT2D eigenvalue weighted by Crippen LogP contribution is -2.33. The number of hydrogen-bond acceptors (Lipinski definition) is 2. The van der Waals surface area contributed by atoms with Gasteiger partial charge in [-0.2, -0.15) is 0 Å². The van der Waals surface area contributed by atoms with Gasteiger partial charge in [0.05, 0.1) is 0 Å². The number of hydrogen-bond donors (Lipinski definition) is 0. The van der Waals surface area contributed by atoms with Crippen LogP contribution in [0, 0.1) is 5.92 Å². The quantitative estimate of drug-likeness (QED) is 0.739. The first-order chi connectivity index (χ1) is 7.29. The Morgan fingerprint density at radius 2 is 2.13 bits per heavy atom. The van der Waals surface area contributed by atoms with E-state index in [4.69, 9.17) is 0 Å². The van der Waals surface area contributed by atoms with Crippen LogP contribution in [0.3, 0.4) is 0 Å². The summed E-state index contributed by atoms with van der Waals surface area (Å²) in [5.74, 6) is 0.896. The molecule has 0 spiro atoms. The molecule has 0 aliphatic carbocycles. The van der Waals surface area contributed by atoms with Crippen LogP contribution in [0.1, 0.15) is 17.7 Å². The Hall–Kier alpha value is 0.620. The maximum absolute atomic E-state index is 3.59. The van der Waals surface area contributed by atoms with Crippen molar-refractivity contribution in [3.8, 4) is 0 Å². The largest absolute Gasteiger partial charge is 0.298 e. The van der Waals surface area contributed by atoms with Gasteiger partial charge in [-0.25, -0.2) is 0 Å². The van der Waals surface area contributed by atoms with E-state index in [0.29, 0.717) is 0 Å². The van der Waals surface area contributed by atoms with Crippen LogP contribution in [0.15, 0.2) is 15.9 Å². The number of rotatable bonds is 3. The first kappa shape index (κ1) is 12.1. The van der Waals surface area contributed by atoms with E-state index in [2.05, 4.69) is 48.2 Å². The van der Waals surface area contributed by atoms with Crippen LogP contribution in [0.25, 0.3) is 0 Å². The van der Waals surface area contributed by atoms with Gasteiger partial charge in [-0.05, 0) is 59.2 Å². The molecule has 4 heteroatoms. The van der Waals surface area contributed by atoms with Gasteiger partial charge in [0.1, 0.15) is 0 Å². The van der Waals surface area contributed by atoms with Crippen LogP contribution in [0.4, 0.5) is 0 Å². The van der Waals surface area contributed by atoms with Gasteiger partial charge in [0.2, 0.25) is 0 Å². The zero-order chi connectivity index (χ0) is 10.7. The summed E-state index contributed by atoms with van der Waals surface area (Å²) in [6.45, 7) is 3.62. The average molecular weight is 353 g/mol. The van der Waals surface area contributed by atoms with Gasteiger partial charge in [-0.15, -0.1) is 11.3 Å². The van der Waals surface area contributed by atoms with Gasteiger partial charge in [0.25, 0.3) is 0 Å². The molecule has 15 heavy (non-hydrogen) atoms. The van der Waals surface area contributed by atoms with E-state index in [1.54, 1.807) is 0 Å². The summed E-state index contributed by atoms with van der Waals surface area (Å²) in [7, 11) is 0. The van der Waals surface area contributed by atoms with Gasteiger partial charge in [0, 0.05) is 21.2 Å². The second-order valence-corrected chi connectivity index (χ2v) is 6.57. The molecule has 0 saturated carbocycles. The van der Waals surface area contributed by atoms with Crippen LogP contribution >= 0.6 is 43.2 Å². The van der Waals surface area contributed by atoms with Gasteiger partial charge in [0.15, 0.2) is 0 Å². The highest BCUT2D eigenvalue weighted by atomic mass is 79.9. The predicted molar refractivity (Wildman–Crippen MR) is 73.8 cm³/mol. The van der Waals surface area contributed by atoms with Crippen LogP contribution < -0.4 is 0 Å². The number of alkyl halides is 1. The lowest BCUT2D eigenvalue weighted by atomic mass is 9.99. The third kappa shape index (κ3) is 3.29. The Balaban J connectivity index is 1.85. The summed E-state index contributed by atoms with van der Waals surface area (Å²) >= 11 is 9.03. The lowest BCUT2D eigenvalue weighted by Gasteiger charge is -2.30. The van der Waals surface area contributed by atoms with Crippen molar-refractivity contribution in [1.29, 1.82) is 0 Å². The topological polar surface area (TPSA) is 3.24 Å². The first-order valence-corrected chi connectivity index (χ1v) is 8.09. The monoisotopic (exact) mass is 351 g/mol. The Morgan fingerprint density at radius 1 is 1.40 bits per heavy atom. The van der Waals surface area contributed by atoms with E-state index in [-0.39, 0.29) is 0 Å². The lowest BCUT2D eigenvalue weighted by molar-refractivity contribution is 0.189. The summed E-state index contributed by atoms with van der Waals surface area (Å²) in [5.41, 5.74) is 0. The van der Waals surface area contributed by atoms with Crippen molar-refractivity contribution < 1.29 is 0 Å². The maximum Gasteiger partial charge on any atom is 0.0339 e. The summed E-state index contributed by atoms with van der Waals surface area (Å²) in [4.78, 5) is 4.03. The van der Waals surface area contributed by atoms with Crippen molar-refractivity contribution in [3.05, 3.63) is 20.8 Å². The molecule has 2 rings (SSSR count). The SMILES string of the molecule is BrCC1CCN(Cc2sccc2Br)CC1. The van der Waals surface area contributed by atoms with Crippen LogP contribution in [0.2, 0.25) is 0 Å². The Labute approximate surface area is 112 Å². The highest BCUT2D eigenvalue weighted by molar-refractivity contribution is 9.10. The van der Waals surface area contributed by atoms with Crippen LogP contribution in [0.5, 0.6) is 0 Å². The highest BCUT2D eigenvalue weighted by Gasteiger charge is 2.18. The maximum atomic E-state index is 3.59. The number of halogens is 2. The third-order valence-corrected chi connectivity index (χ3v) is 5.81. The van der Waals surface area contributed by atoms with E-state index in [0.717, 1.165) is 12.5 Å². The van der Waals surface area contributed by atoms with E-state index in [1.807, 2.05) is 11.3 Å². The van der Waals surface area contributed by atoms with Crippen molar-refractivity contribution in [2.75, 3.05) is 18.4 Å². The number of likely N-dealkylation sites (tertiary alicyclic amines) is 1. The molecule has 0 N–H and O–H groups in total. The second kappa shape index (κ2) is 5.80. The minimum Gasteiger partial charge on any atom is -0.298 e. The van der Waals surface area contributed by atoms with Gasteiger partial charge >= 0.3 is 0 Å². The van der Waals surface area contributed by atoms with Crippen molar-refractivity contribution in [1.82, 2.24) is 4.90 Å². The molecule has 0 radical (unpaired) electrons. The van der Waals surface area contributed by atoms with Crippen LogP contribution in [-0.2, 0) is 6.54 Å². The van der Waals surface area contributed by atoms with Crippen molar-refractivity contribution in [2.45, 2.75) is 19.4 Å². The summed E-state index contributed by atoms with van der Waals surface area (Å²) in [6.07, 6.45) is 2.68. The van der Waals surface area contributed by atoms with Gasteiger partial charge in [-0.3, -0.25) is 4.90 Å². The van der Waals surface area contributed by atoms with Crippen LogP contribution in [-0.4, -0.2) is 23.3 Å². The molecule has 1 aromatic heterocycles. The smallest absolute Gasteiger partial charge is 0.0339 e. The Kier molecular flexibility index (Phi) is 4.68. The molecule has 84 valence electrons.